The Labute approximate surface area is 172 Å². The number of carbonyl (C=O) groups excluding carboxylic acids is 1. The third kappa shape index (κ3) is 6.62. The quantitative estimate of drug-likeness (QED) is 0.571. The normalized spacial score (nSPS) is 16.0. The lowest BCUT2D eigenvalue weighted by molar-refractivity contribution is -0.116. The maximum atomic E-state index is 12.1. The first-order chi connectivity index (χ1) is 13.8. The van der Waals surface area contributed by atoms with Crippen LogP contribution in [0.1, 0.15) is 5.56 Å². The molecule has 0 bridgehead atoms. The number of carbonyl (C=O) groups is 1. The zero-order chi connectivity index (χ0) is 21.4. The molecule has 1 heterocycles. The molecule has 1 aromatic rings. The van der Waals surface area contributed by atoms with Gasteiger partial charge in [-0.3, -0.25) is 9.69 Å². The highest BCUT2D eigenvalue weighted by atomic mass is 32.2. The van der Waals surface area contributed by atoms with Crippen molar-refractivity contribution in [2.45, 2.75) is 0 Å². The van der Waals surface area contributed by atoms with Gasteiger partial charge in [-0.1, -0.05) is 0 Å². The lowest BCUT2D eigenvalue weighted by Gasteiger charge is -2.33. The largest absolute Gasteiger partial charge is 0.493 e. The second kappa shape index (κ2) is 10.5. The zero-order valence-electron chi connectivity index (χ0n) is 17.3. The van der Waals surface area contributed by atoms with Crippen molar-refractivity contribution in [2.24, 2.45) is 0 Å². The Kier molecular flexibility index (Phi) is 8.30. The smallest absolute Gasteiger partial charge is 0.244 e. The number of piperazine rings is 1. The van der Waals surface area contributed by atoms with Crippen LogP contribution in [0, 0.1) is 0 Å². The number of sulfonamides is 1. The van der Waals surface area contributed by atoms with Crippen molar-refractivity contribution in [3.05, 3.63) is 23.8 Å². The Hall–Kier alpha value is -2.30. The van der Waals surface area contributed by atoms with E-state index < -0.39 is 10.0 Å². The molecular formula is C19H29N3O6S. The van der Waals surface area contributed by atoms with Gasteiger partial charge in [-0.25, -0.2) is 8.42 Å². The van der Waals surface area contributed by atoms with Crippen molar-refractivity contribution in [3.8, 4) is 17.2 Å². The predicted octanol–water partition coefficient (Wildman–Crippen LogP) is 0.419. The van der Waals surface area contributed by atoms with Crippen LogP contribution < -0.4 is 19.5 Å². The molecule has 0 radical (unpaired) electrons. The Morgan fingerprint density at radius 1 is 1.07 bits per heavy atom. The van der Waals surface area contributed by atoms with Crippen LogP contribution >= 0.6 is 0 Å². The molecule has 0 aliphatic carbocycles. The number of ether oxygens (including phenoxy) is 3. The van der Waals surface area contributed by atoms with Gasteiger partial charge in [-0.2, -0.15) is 4.31 Å². The predicted molar refractivity (Wildman–Crippen MR) is 111 cm³/mol. The molecule has 1 N–H and O–H groups in total. The average Bonchev–Trinajstić information content (AvgIpc) is 2.71. The first-order valence-electron chi connectivity index (χ1n) is 9.22. The Balaban J connectivity index is 1.83. The summed E-state index contributed by atoms with van der Waals surface area (Å²) in [4.78, 5) is 14.2. The van der Waals surface area contributed by atoms with Crippen LogP contribution in [-0.4, -0.2) is 90.4 Å². The van der Waals surface area contributed by atoms with Gasteiger partial charge in [0.1, 0.15) is 0 Å². The summed E-state index contributed by atoms with van der Waals surface area (Å²) in [5.41, 5.74) is 0.742. The van der Waals surface area contributed by atoms with Gasteiger partial charge in [0.05, 0.1) is 27.6 Å². The molecule has 1 aliphatic heterocycles. The SMILES string of the molecule is COc1cc(/C=C/C(=O)NCCN2CCN(S(C)(=O)=O)CC2)cc(OC)c1OC. The molecule has 1 aromatic carbocycles. The van der Waals surface area contributed by atoms with Crippen LogP contribution in [0.5, 0.6) is 17.2 Å². The first-order valence-corrected chi connectivity index (χ1v) is 11.1. The lowest BCUT2D eigenvalue weighted by atomic mass is 10.1. The fourth-order valence-electron chi connectivity index (χ4n) is 3.05. The summed E-state index contributed by atoms with van der Waals surface area (Å²) in [5.74, 6) is 1.31. The van der Waals surface area contributed by atoms with Crippen molar-refractivity contribution in [2.75, 3.05) is 66.9 Å². The van der Waals surface area contributed by atoms with Gasteiger partial charge in [0, 0.05) is 45.3 Å². The van der Waals surface area contributed by atoms with E-state index in [-0.39, 0.29) is 5.91 Å². The van der Waals surface area contributed by atoms with Gasteiger partial charge in [0.15, 0.2) is 11.5 Å². The van der Waals surface area contributed by atoms with Gasteiger partial charge in [-0.05, 0) is 23.8 Å². The number of hydrogen-bond acceptors (Lipinski definition) is 7. The fourth-order valence-corrected chi connectivity index (χ4v) is 3.88. The summed E-state index contributed by atoms with van der Waals surface area (Å²) in [6, 6.07) is 3.51. The van der Waals surface area contributed by atoms with E-state index in [2.05, 4.69) is 10.2 Å². The highest BCUT2D eigenvalue weighted by molar-refractivity contribution is 7.88. The number of nitrogens with one attached hydrogen (secondary N) is 1. The molecule has 0 atom stereocenters. The van der Waals surface area contributed by atoms with E-state index in [0.717, 1.165) is 5.56 Å². The van der Waals surface area contributed by atoms with E-state index in [1.54, 1.807) is 18.2 Å². The van der Waals surface area contributed by atoms with Crippen LogP contribution in [0.3, 0.4) is 0 Å². The Morgan fingerprint density at radius 2 is 1.66 bits per heavy atom. The molecule has 0 unspecified atom stereocenters. The van der Waals surface area contributed by atoms with Crippen molar-refractivity contribution in [1.82, 2.24) is 14.5 Å². The molecule has 0 saturated carbocycles. The molecule has 0 aromatic heterocycles. The van der Waals surface area contributed by atoms with E-state index in [1.807, 2.05) is 0 Å². The molecular weight excluding hydrogens is 398 g/mol. The number of amides is 1. The van der Waals surface area contributed by atoms with E-state index in [9.17, 15) is 13.2 Å². The second-order valence-electron chi connectivity index (χ2n) is 6.59. The molecule has 162 valence electrons. The fraction of sp³-hybridized carbons (Fsp3) is 0.526. The van der Waals surface area contributed by atoms with Crippen molar-refractivity contribution < 1.29 is 27.4 Å². The number of methoxy groups -OCH3 is 3. The molecule has 2 rings (SSSR count). The summed E-state index contributed by atoms with van der Waals surface area (Å²) in [6.45, 7) is 3.43. The maximum Gasteiger partial charge on any atom is 0.244 e. The molecule has 0 spiro atoms. The highest BCUT2D eigenvalue weighted by Crippen LogP contribution is 2.38. The number of hydrogen-bond donors (Lipinski definition) is 1. The number of nitrogens with zero attached hydrogens (tertiary/aromatic N) is 2. The second-order valence-corrected chi connectivity index (χ2v) is 8.57. The average molecular weight is 428 g/mol. The maximum absolute atomic E-state index is 12.1. The molecule has 1 amide bonds. The lowest BCUT2D eigenvalue weighted by Crippen LogP contribution is -2.49. The van der Waals surface area contributed by atoms with Gasteiger partial charge in [0.2, 0.25) is 21.7 Å². The topological polar surface area (TPSA) is 97.4 Å². The van der Waals surface area contributed by atoms with Crippen LogP contribution in [0.15, 0.2) is 18.2 Å². The van der Waals surface area contributed by atoms with Gasteiger partial charge in [-0.15, -0.1) is 0 Å². The summed E-state index contributed by atoms with van der Waals surface area (Å²) >= 11 is 0. The van der Waals surface area contributed by atoms with Crippen LogP contribution in [0.25, 0.3) is 6.08 Å². The summed E-state index contributed by atoms with van der Waals surface area (Å²) in [6.07, 6.45) is 4.34. The summed E-state index contributed by atoms with van der Waals surface area (Å²) in [7, 11) is 1.47. The highest BCUT2D eigenvalue weighted by Gasteiger charge is 2.22. The minimum absolute atomic E-state index is 0.214. The molecule has 1 aliphatic rings. The van der Waals surface area contributed by atoms with Gasteiger partial charge in [0.25, 0.3) is 0 Å². The van der Waals surface area contributed by atoms with Crippen LogP contribution in [0.2, 0.25) is 0 Å². The Morgan fingerprint density at radius 3 is 2.14 bits per heavy atom. The van der Waals surface area contributed by atoms with E-state index in [4.69, 9.17) is 14.2 Å². The van der Waals surface area contributed by atoms with E-state index >= 15 is 0 Å². The van der Waals surface area contributed by atoms with Gasteiger partial charge < -0.3 is 19.5 Å². The first kappa shape index (κ1) is 23.0. The number of rotatable bonds is 9. The third-order valence-electron chi connectivity index (χ3n) is 4.64. The third-order valence-corrected chi connectivity index (χ3v) is 5.94. The minimum Gasteiger partial charge on any atom is -0.493 e. The van der Waals surface area contributed by atoms with E-state index in [1.165, 1.54) is 38.0 Å². The summed E-state index contributed by atoms with van der Waals surface area (Å²) in [5, 5.41) is 2.83. The monoisotopic (exact) mass is 427 g/mol. The van der Waals surface area contributed by atoms with Crippen LogP contribution in [-0.2, 0) is 14.8 Å². The number of benzene rings is 1. The molecule has 9 nitrogen and oxygen atoms in total. The van der Waals surface area contributed by atoms with Crippen LogP contribution in [0.4, 0.5) is 0 Å². The van der Waals surface area contributed by atoms with Crippen molar-refractivity contribution in [3.63, 3.8) is 0 Å². The van der Waals surface area contributed by atoms with Gasteiger partial charge >= 0.3 is 0 Å². The summed E-state index contributed by atoms with van der Waals surface area (Å²) < 4.78 is 40.4. The van der Waals surface area contributed by atoms with Crippen molar-refractivity contribution in [1.29, 1.82) is 0 Å². The zero-order valence-corrected chi connectivity index (χ0v) is 18.1. The Bertz CT molecular complexity index is 807. The molecule has 29 heavy (non-hydrogen) atoms. The minimum atomic E-state index is -3.13. The van der Waals surface area contributed by atoms with E-state index in [0.29, 0.717) is 56.5 Å². The molecule has 1 fully saturated rings. The molecule has 1 saturated heterocycles. The molecule has 10 heteroatoms. The standard InChI is InChI=1S/C19H29N3O6S/c1-26-16-13-15(14-17(27-2)19(16)28-3)5-6-18(23)20-7-8-21-9-11-22(12-10-21)29(4,24)25/h5-6,13-14H,7-12H2,1-4H3,(H,20,23)/b6-5+. The van der Waals surface area contributed by atoms with Crippen molar-refractivity contribution >= 4 is 22.0 Å².